The van der Waals surface area contributed by atoms with Gasteiger partial charge >= 0.3 is 0 Å². The van der Waals surface area contributed by atoms with Crippen LogP contribution in [0.5, 0.6) is 0 Å². The molecule has 0 saturated heterocycles. The van der Waals surface area contributed by atoms with E-state index < -0.39 is 6.61 Å². The Bertz CT molecular complexity index is 690. The maximum Gasteiger partial charge on any atom is 0.125 e. The van der Waals surface area contributed by atoms with Crippen molar-refractivity contribution in [3.63, 3.8) is 0 Å². The number of allylic oxidation sites excluding steroid dienone is 5. The van der Waals surface area contributed by atoms with E-state index in [1.165, 1.54) is 5.57 Å². The first-order valence-electron chi connectivity index (χ1n) is 10.3. The van der Waals surface area contributed by atoms with Crippen LogP contribution in [0.15, 0.2) is 34.9 Å². The van der Waals surface area contributed by atoms with Crippen LogP contribution in [0.1, 0.15) is 59.3 Å². The van der Waals surface area contributed by atoms with Crippen molar-refractivity contribution in [2.75, 3.05) is 13.7 Å². The number of hydrogen-bond donors (Lipinski definition) is 1. The zero-order chi connectivity index (χ0) is 18.7. The molecule has 2 fully saturated rings. The van der Waals surface area contributed by atoms with E-state index in [0.717, 1.165) is 49.9 Å². The summed E-state index contributed by atoms with van der Waals surface area (Å²) >= 11 is 0. The van der Waals surface area contributed by atoms with E-state index in [1.54, 1.807) is 7.11 Å². The zero-order valence-electron chi connectivity index (χ0n) is 16.6. The number of aliphatic hydroxyl groups excluding tert-OH is 1. The van der Waals surface area contributed by atoms with Gasteiger partial charge in [0, 0.05) is 6.42 Å². The van der Waals surface area contributed by atoms with Gasteiger partial charge in [0.05, 0.1) is 19.5 Å². The van der Waals surface area contributed by atoms with Gasteiger partial charge < -0.3 is 9.84 Å². The first-order chi connectivity index (χ1) is 12.3. The van der Waals surface area contributed by atoms with Gasteiger partial charge in [-0.3, -0.25) is 0 Å². The minimum atomic E-state index is -0.437. The Kier molecular flexibility index (Phi) is 4.38. The van der Waals surface area contributed by atoms with Crippen LogP contribution in [0.4, 0.5) is 4.39 Å². The second kappa shape index (κ2) is 6.22. The molecule has 0 spiro atoms. The van der Waals surface area contributed by atoms with Gasteiger partial charge in [-0.25, -0.2) is 4.39 Å². The molecule has 1 N–H and O–H groups in total. The Hall–Kier alpha value is -1.09. The average molecular weight is 361 g/mol. The highest BCUT2D eigenvalue weighted by Gasteiger charge is 2.58. The molecule has 0 aliphatic heterocycles. The van der Waals surface area contributed by atoms with Crippen LogP contribution in [-0.2, 0) is 4.74 Å². The maximum atomic E-state index is 14.4. The van der Waals surface area contributed by atoms with E-state index in [-0.39, 0.29) is 16.7 Å². The van der Waals surface area contributed by atoms with E-state index in [4.69, 9.17) is 4.74 Å². The predicted octanol–water partition coefficient (Wildman–Crippen LogP) is 5.55. The highest BCUT2D eigenvalue weighted by atomic mass is 19.1. The predicted molar refractivity (Wildman–Crippen MR) is 102 cm³/mol. The number of halogens is 1. The van der Waals surface area contributed by atoms with Crippen LogP contribution in [-0.4, -0.2) is 18.8 Å². The van der Waals surface area contributed by atoms with Gasteiger partial charge in [-0.2, -0.15) is 0 Å². The molecule has 0 aromatic rings. The summed E-state index contributed by atoms with van der Waals surface area (Å²) < 4.78 is 19.9. The highest BCUT2D eigenvalue weighted by Crippen LogP contribution is 2.67. The summed E-state index contributed by atoms with van der Waals surface area (Å²) in [5.74, 6) is 3.18. The van der Waals surface area contributed by atoms with Crippen LogP contribution < -0.4 is 0 Å². The lowest BCUT2D eigenvalue weighted by Crippen LogP contribution is -2.50. The fourth-order valence-electron chi connectivity index (χ4n) is 7.16. The summed E-state index contributed by atoms with van der Waals surface area (Å²) in [6.07, 6.45) is 11.1. The number of rotatable bonds is 2. The molecule has 26 heavy (non-hydrogen) atoms. The summed E-state index contributed by atoms with van der Waals surface area (Å²) in [5.41, 5.74) is 2.54. The topological polar surface area (TPSA) is 29.5 Å². The maximum absolute atomic E-state index is 14.4. The summed E-state index contributed by atoms with van der Waals surface area (Å²) in [7, 11) is 1.78. The fraction of sp³-hybridized carbons (Fsp3) is 0.739. The molecule has 4 rings (SSSR count). The van der Waals surface area contributed by atoms with Crippen molar-refractivity contribution in [3.8, 4) is 0 Å². The van der Waals surface area contributed by atoms with E-state index in [2.05, 4.69) is 32.9 Å². The van der Waals surface area contributed by atoms with E-state index in [9.17, 15) is 9.50 Å². The van der Waals surface area contributed by atoms with Crippen LogP contribution in [0, 0.1) is 34.5 Å². The van der Waals surface area contributed by atoms with Gasteiger partial charge in [-0.1, -0.05) is 26.8 Å². The molecule has 2 nitrogen and oxygen atoms in total. The molecule has 2 saturated carbocycles. The molecule has 0 radical (unpaired) electrons. The minimum Gasteiger partial charge on any atom is -0.501 e. The van der Waals surface area contributed by atoms with E-state index in [1.807, 2.05) is 0 Å². The monoisotopic (exact) mass is 360 g/mol. The third kappa shape index (κ3) is 2.38. The van der Waals surface area contributed by atoms with Gasteiger partial charge in [0.25, 0.3) is 0 Å². The molecule has 0 bridgehead atoms. The summed E-state index contributed by atoms with van der Waals surface area (Å²) in [4.78, 5) is 0. The third-order valence-electron chi connectivity index (χ3n) is 8.58. The van der Waals surface area contributed by atoms with Crippen LogP contribution in [0.2, 0.25) is 0 Å². The lowest BCUT2D eigenvalue weighted by Gasteiger charge is -2.58. The Balaban J connectivity index is 1.74. The van der Waals surface area contributed by atoms with Crippen molar-refractivity contribution in [2.24, 2.45) is 34.5 Å². The second-order valence-corrected chi connectivity index (χ2v) is 9.54. The van der Waals surface area contributed by atoms with E-state index in [0.29, 0.717) is 23.7 Å². The molecule has 0 aromatic heterocycles. The van der Waals surface area contributed by atoms with Crippen LogP contribution >= 0.6 is 0 Å². The molecule has 4 aliphatic rings. The number of methoxy groups -OCH3 is 1. The van der Waals surface area contributed by atoms with Crippen molar-refractivity contribution in [3.05, 3.63) is 34.9 Å². The van der Waals surface area contributed by atoms with Gasteiger partial charge in [-0.15, -0.1) is 0 Å². The number of aliphatic hydroxyl groups is 1. The lowest BCUT2D eigenvalue weighted by atomic mass is 9.46. The molecule has 0 amide bonds. The number of fused-ring (bicyclic) bond motifs is 5. The van der Waals surface area contributed by atoms with E-state index >= 15 is 0 Å². The molecule has 6 atom stereocenters. The summed E-state index contributed by atoms with van der Waals surface area (Å²) in [6.45, 7) is 6.64. The van der Waals surface area contributed by atoms with Gasteiger partial charge in [-0.05, 0) is 83.8 Å². The van der Waals surface area contributed by atoms with Crippen molar-refractivity contribution in [1.82, 2.24) is 0 Å². The average Bonchev–Trinajstić information content (AvgIpc) is 2.98. The van der Waals surface area contributed by atoms with Crippen molar-refractivity contribution >= 4 is 0 Å². The zero-order valence-corrected chi connectivity index (χ0v) is 16.6. The van der Waals surface area contributed by atoms with Crippen LogP contribution in [0.3, 0.4) is 0 Å². The van der Waals surface area contributed by atoms with Crippen LogP contribution in [0.25, 0.3) is 0 Å². The van der Waals surface area contributed by atoms with Gasteiger partial charge in [0.15, 0.2) is 0 Å². The Labute approximate surface area is 157 Å². The summed E-state index contributed by atoms with van der Waals surface area (Å²) in [5, 5.41) is 9.37. The van der Waals surface area contributed by atoms with Crippen molar-refractivity contribution in [2.45, 2.75) is 59.3 Å². The normalized spacial score (nSPS) is 46.5. The standard InChI is InChI=1S/C23H33FO2/c1-14-11-15-12-16(26-4)7-9-22(15,2)19-8-10-23(3)17(20(24)13-25)5-6-18(23)21(14)19/h11-12,14,18-19,21,25H,5-10,13H2,1-4H3/b20-17+. The Morgan fingerprint density at radius 3 is 2.62 bits per heavy atom. The molecule has 6 unspecified atom stereocenters. The van der Waals surface area contributed by atoms with Gasteiger partial charge in [0.2, 0.25) is 0 Å². The highest BCUT2D eigenvalue weighted by molar-refractivity contribution is 5.38. The first kappa shape index (κ1) is 18.3. The molecule has 0 heterocycles. The molecular formula is C23H33FO2. The second-order valence-electron chi connectivity index (χ2n) is 9.54. The molecule has 4 aliphatic carbocycles. The number of ether oxygens (including phenoxy) is 1. The third-order valence-corrected chi connectivity index (χ3v) is 8.58. The fourth-order valence-corrected chi connectivity index (χ4v) is 7.16. The van der Waals surface area contributed by atoms with Crippen molar-refractivity contribution < 1.29 is 14.2 Å². The molecule has 144 valence electrons. The Morgan fingerprint density at radius 1 is 1.19 bits per heavy atom. The molecule has 3 heteroatoms. The lowest BCUT2D eigenvalue weighted by molar-refractivity contribution is -0.0304. The minimum absolute atomic E-state index is 0.0634. The van der Waals surface area contributed by atoms with Crippen molar-refractivity contribution in [1.29, 1.82) is 0 Å². The SMILES string of the molecule is COC1=CC2=CC(C)C3C(CCC4(C)/C(=C(/F)CO)CCC34)C2(C)CC1. The largest absolute Gasteiger partial charge is 0.501 e. The Morgan fingerprint density at radius 2 is 1.92 bits per heavy atom. The molecular weight excluding hydrogens is 327 g/mol. The molecule has 0 aromatic carbocycles. The smallest absolute Gasteiger partial charge is 0.125 e. The van der Waals surface area contributed by atoms with Gasteiger partial charge in [0.1, 0.15) is 5.83 Å². The summed E-state index contributed by atoms with van der Waals surface area (Å²) in [6, 6.07) is 0. The quantitative estimate of drug-likeness (QED) is 0.699. The first-order valence-corrected chi connectivity index (χ1v) is 10.3. The number of hydrogen-bond acceptors (Lipinski definition) is 2.